The first kappa shape index (κ1) is 47.8. The fraction of sp³-hybridized carbons (Fsp3) is 0.545. The van der Waals surface area contributed by atoms with E-state index in [1.807, 2.05) is 45.9 Å². The van der Waals surface area contributed by atoms with E-state index < -0.39 is 50.0 Å². The SMILES string of the molecule is CC(C)CC(=O)SCCOP(=O)(OCCSC(=O)CC(C)C)C(F)(F)c1ccc2sc(C(=O)NC3CCC[C@H]4CC[C@@H](C(=O)N5CC(c6cccc(C#N)c6)C5)N4C3=O)cc2c1. The Bertz CT molecular complexity index is 2210. The van der Waals surface area contributed by atoms with Crippen molar-refractivity contribution in [2.24, 2.45) is 11.8 Å². The molecule has 3 saturated heterocycles. The van der Waals surface area contributed by atoms with Crippen LogP contribution in [0.15, 0.2) is 48.5 Å². The molecule has 0 saturated carbocycles. The van der Waals surface area contributed by atoms with Gasteiger partial charge < -0.3 is 24.2 Å². The Morgan fingerprint density at radius 3 is 2.23 bits per heavy atom. The molecule has 0 radical (unpaired) electrons. The van der Waals surface area contributed by atoms with Crippen molar-refractivity contribution in [3.05, 3.63) is 70.1 Å². The van der Waals surface area contributed by atoms with Crippen LogP contribution in [0.5, 0.6) is 0 Å². The topological polar surface area (TPSA) is 163 Å². The Labute approximate surface area is 373 Å². The van der Waals surface area contributed by atoms with Gasteiger partial charge in [0.25, 0.3) is 5.91 Å². The van der Waals surface area contributed by atoms with Gasteiger partial charge in [0.1, 0.15) is 12.1 Å². The number of amides is 3. The molecule has 0 spiro atoms. The fourth-order valence-corrected chi connectivity index (χ4v) is 12.4. The lowest BCUT2D eigenvalue weighted by Gasteiger charge is -2.42. The predicted octanol–water partition coefficient (Wildman–Crippen LogP) is 8.93. The number of thiophene rings is 1. The summed E-state index contributed by atoms with van der Waals surface area (Å²) >= 11 is 2.86. The fourth-order valence-electron chi connectivity index (χ4n) is 8.02. The Kier molecular flexibility index (Phi) is 16.1. The Morgan fingerprint density at radius 1 is 0.935 bits per heavy atom. The second-order valence-corrected chi connectivity index (χ2v) is 22.3. The summed E-state index contributed by atoms with van der Waals surface area (Å²) in [5.74, 6) is -0.711. The third-order valence-electron chi connectivity index (χ3n) is 11.2. The lowest BCUT2D eigenvalue weighted by atomic mass is 9.90. The van der Waals surface area contributed by atoms with Crippen LogP contribution in [0.3, 0.4) is 0 Å². The maximum absolute atomic E-state index is 16.4. The van der Waals surface area contributed by atoms with Crippen molar-refractivity contribution < 1.29 is 46.4 Å². The molecule has 3 aliphatic heterocycles. The summed E-state index contributed by atoms with van der Waals surface area (Å²) in [7, 11) is -5.23. The molecule has 3 fully saturated rings. The minimum atomic E-state index is -5.23. The summed E-state index contributed by atoms with van der Waals surface area (Å²) in [6, 6.07) is 12.9. The number of carbonyl (C=O) groups excluding carboxylic acids is 5. The van der Waals surface area contributed by atoms with E-state index in [0.717, 1.165) is 52.6 Å². The van der Waals surface area contributed by atoms with E-state index in [-0.39, 0.29) is 80.5 Å². The second kappa shape index (κ2) is 20.9. The van der Waals surface area contributed by atoms with Gasteiger partial charge in [0, 0.05) is 59.7 Å². The summed E-state index contributed by atoms with van der Waals surface area (Å²) in [5, 5.41) is 12.1. The van der Waals surface area contributed by atoms with Crippen LogP contribution in [0.2, 0.25) is 0 Å². The third kappa shape index (κ3) is 11.3. The van der Waals surface area contributed by atoms with Gasteiger partial charge >= 0.3 is 13.3 Å². The van der Waals surface area contributed by atoms with Gasteiger partial charge in [-0.1, -0.05) is 69.4 Å². The average Bonchev–Trinajstić information content (AvgIpc) is 3.80. The molecule has 0 aliphatic carbocycles. The monoisotopic (exact) mass is 930 g/mol. The molecule has 0 bridgehead atoms. The number of hydrogen-bond acceptors (Lipinski definition) is 12. The normalized spacial score (nSPS) is 19.7. The van der Waals surface area contributed by atoms with Crippen molar-refractivity contribution >= 4 is 80.5 Å². The summed E-state index contributed by atoms with van der Waals surface area (Å²) in [6.07, 6.45) is 3.53. The van der Waals surface area contributed by atoms with E-state index >= 15 is 8.78 Å². The molecular formula is C44H53F2N4O8PS3. The van der Waals surface area contributed by atoms with Gasteiger partial charge in [-0.2, -0.15) is 14.0 Å². The van der Waals surface area contributed by atoms with Crippen LogP contribution >= 0.6 is 42.5 Å². The highest BCUT2D eigenvalue weighted by Crippen LogP contribution is 2.67. The molecule has 12 nitrogen and oxygen atoms in total. The van der Waals surface area contributed by atoms with E-state index in [9.17, 15) is 33.8 Å². The second-order valence-electron chi connectivity index (χ2n) is 16.8. The molecule has 334 valence electrons. The molecular weight excluding hydrogens is 878 g/mol. The Balaban J connectivity index is 1.12. The maximum Gasteiger partial charge on any atom is 0.404 e. The quantitative estimate of drug-likeness (QED) is 0.0957. The number of carbonyl (C=O) groups is 5. The van der Waals surface area contributed by atoms with Gasteiger partial charge in [-0.15, -0.1) is 11.3 Å². The average molecular weight is 931 g/mol. The number of nitriles is 1. The number of rotatable bonds is 18. The zero-order chi connectivity index (χ0) is 44.8. The first-order chi connectivity index (χ1) is 29.5. The smallest absolute Gasteiger partial charge is 0.340 e. The summed E-state index contributed by atoms with van der Waals surface area (Å²) in [6.45, 7) is 7.62. The molecule has 1 unspecified atom stereocenters. The lowest BCUT2D eigenvalue weighted by Crippen LogP contribution is -2.58. The van der Waals surface area contributed by atoms with Gasteiger partial charge in [0.15, 0.2) is 10.2 Å². The van der Waals surface area contributed by atoms with E-state index in [2.05, 4.69) is 11.4 Å². The van der Waals surface area contributed by atoms with Gasteiger partial charge in [-0.3, -0.25) is 28.5 Å². The van der Waals surface area contributed by atoms with Crippen LogP contribution in [-0.4, -0.2) is 93.7 Å². The number of nitrogens with zero attached hydrogens (tertiary/aromatic N) is 3. The van der Waals surface area contributed by atoms with Crippen molar-refractivity contribution in [2.75, 3.05) is 37.8 Å². The van der Waals surface area contributed by atoms with Crippen molar-refractivity contribution in [3.8, 4) is 6.07 Å². The molecule has 1 N–H and O–H groups in total. The Morgan fingerprint density at radius 2 is 1.60 bits per heavy atom. The van der Waals surface area contributed by atoms with Crippen molar-refractivity contribution in [3.63, 3.8) is 0 Å². The number of likely N-dealkylation sites (tertiary alicyclic amines) is 1. The molecule has 3 amide bonds. The highest BCUT2D eigenvalue weighted by atomic mass is 32.2. The van der Waals surface area contributed by atoms with Gasteiger partial charge in [-0.05, 0) is 85.2 Å². The van der Waals surface area contributed by atoms with E-state index in [1.54, 1.807) is 15.9 Å². The number of thioether (sulfide) groups is 2. The number of benzene rings is 2. The first-order valence-corrected chi connectivity index (χ1v) is 25.4. The molecule has 3 atom stereocenters. The summed E-state index contributed by atoms with van der Waals surface area (Å²) < 4.78 is 57.9. The summed E-state index contributed by atoms with van der Waals surface area (Å²) in [4.78, 5) is 69.6. The number of fused-ring (bicyclic) bond motifs is 2. The lowest BCUT2D eigenvalue weighted by molar-refractivity contribution is -0.148. The highest BCUT2D eigenvalue weighted by Gasteiger charge is 2.55. The number of alkyl halides is 2. The van der Waals surface area contributed by atoms with E-state index in [1.165, 1.54) is 12.1 Å². The largest absolute Gasteiger partial charge is 0.404 e. The predicted molar refractivity (Wildman–Crippen MR) is 238 cm³/mol. The number of halogens is 2. The molecule has 6 rings (SSSR count). The van der Waals surface area contributed by atoms with Gasteiger partial charge in [-0.25, -0.2) is 0 Å². The minimum absolute atomic E-state index is 0.0171. The van der Waals surface area contributed by atoms with Gasteiger partial charge in [0.05, 0.1) is 29.7 Å². The van der Waals surface area contributed by atoms with Crippen molar-refractivity contribution in [1.82, 2.24) is 15.1 Å². The zero-order valence-corrected chi connectivity index (χ0v) is 38.7. The van der Waals surface area contributed by atoms with Crippen LogP contribution in [0.1, 0.15) is 105 Å². The molecule has 4 heterocycles. The van der Waals surface area contributed by atoms with E-state index in [0.29, 0.717) is 55.5 Å². The molecule has 18 heteroatoms. The molecule has 3 aliphatic rings. The van der Waals surface area contributed by atoms with Crippen molar-refractivity contribution in [1.29, 1.82) is 5.26 Å². The summed E-state index contributed by atoms with van der Waals surface area (Å²) in [5.41, 5.74) is -3.25. The van der Waals surface area contributed by atoms with Gasteiger partial charge in [0.2, 0.25) is 11.8 Å². The maximum atomic E-state index is 16.4. The van der Waals surface area contributed by atoms with Crippen LogP contribution in [0, 0.1) is 23.2 Å². The van der Waals surface area contributed by atoms with Crippen LogP contribution in [-0.2, 0) is 38.5 Å². The van der Waals surface area contributed by atoms with Crippen LogP contribution in [0.4, 0.5) is 8.78 Å². The Hall–Kier alpha value is -3.65. The van der Waals surface area contributed by atoms with Crippen molar-refractivity contribution in [2.45, 2.75) is 102 Å². The first-order valence-electron chi connectivity index (χ1n) is 21.0. The van der Waals surface area contributed by atoms with Crippen LogP contribution in [0.25, 0.3) is 10.1 Å². The van der Waals surface area contributed by atoms with Crippen LogP contribution < -0.4 is 5.32 Å². The molecule has 62 heavy (non-hydrogen) atoms. The molecule has 2 aromatic carbocycles. The van der Waals surface area contributed by atoms with E-state index in [4.69, 9.17) is 9.05 Å². The number of hydrogen-bond donors (Lipinski definition) is 1. The molecule has 1 aromatic heterocycles. The highest BCUT2D eigenvalue weighted by molar-refractivity contribution is 8.13. The zero-order valence-electron chi connectivity index (χ0n) is 35.3. The minimum Gasteiger partial charge on any atom is -0.340 e. The standard InChI is InChI=1S/C44H53F2N4O8PS3/c1-27(2)19-39(51)60-17-15-57-59(56,58-16-18-61-40(52)20-28(3)4)44(45,46)33-11-14-37-31(22-33)23-38(62-37)41(53)48-35-10-6-9-34-12-13-36(50(34)42(35)54)43(55)49-25-32(26-49)30-8-5-7-29(21-30)24-47/h5,7-8,11,14,21-23,27-28,32,34-36H,6,9-10,12-13,15-20,25-26H2,1-4H3,(H,48,53)/t34-,35?,36-/m0/s1. The number of nitrogens with one attached hydrogen (secondary N) is 1. The third-order valence-corrected chi connectivity index (χ3v) is 16.0. The molecule has 3 aromatic rings.